The Morgan fingerprint density at radius 3 is 2.38 bits per heavy atom. The van der Waals surface area contributed by atoms with E-state index in [1.165, 1.54) is 0 Å². The van der Waals surface area contributed by atoms with Crippen molar-refractivity contribution in [1.82, 2.24) is 10.2 Å². The third kappa shape index (κ3) is 3.93. The number of rotatable bonds is 7. The van der Waals surface area contributed by atoms with Crippen LogP contribution in [0.5, 0.6) is 0 Å². The first-order valence-electron chi connectivity index (χ1n) is 8.01. The number of amides is 2. The Labute approximate surface area is 133 Å². The van der Waals surface area contributed by atoms with Gasteiger partial charge in [-0.25, -0.2) is 0 Å². The van der Waals surface area contributed by atoms with Crippen LogP contribution in [0.15, 0.2) is 0 Å². The average molecular weight is 314 g/mol. The van der Waals surface area contributed by atoms with Gasteiger partial charge in [-0.1, -0.05) is 27.7 Å². The van der Waals surface area contributed by atoms with Gasteiger partial charge in [-0.2, -0.15) is 11.8 Å². The van der Waals surface area contributed by atoms with E-state index < -0.39 is 5.54 Å². The first-order valence-corrected chi connectivity index (χ1v) is 9.16. The summed E-state index contributed by atoms with van der Waals surface area (Å²) in [5, 5.41) is 2.94. The van der Waals surface area contributed by atoms with E-state index in [1.807, 2.05) is 44.4 Å². The molecule has 1 N–H and O–H groups in total. The molecule has 1 saturated heterocycles. The summed E-state index contributed by atoms with van der Waals surface area (Å²) in [6.45, 7) is 12.0. The van der Waals surface area contributed by atoms with Gasteiger partial charge >= 0.3 is 0 Å². The highest BCUT2D eigenvalue weighted by atomic mass is 32.2. The number of nitrogens with one attached hydrogen (secondary N) is 1. The Morgan fingerprint density at radius 2 is 1.90 bits per heavy atom. The molecule has 0 aliphatic carbocycles. The molecule has 5 heteroatoms. The van der Waals surface area contributed by atoms with Crippen molar-refractivity contribution in [2.24, 2.45) is 5.92 Å². The van der Waals surface area contributed by atoms with Gasteiger partial charge in [0.05, 0.1) is 0 Å². The van der Waals surface area contributed by atoms with Crippen molar-refractivity contribution in [3.05, 3.63) is 0 Å². The van der Waals surface area contributed by atoms with Crippen LogP contribution in [0.25, 0.3) is 0 Å². The zero-order chi connectivity index (χ0) is 16.2. The molecule has 3 atom stereocenters. The Hall–Kier alpha value is -0.710. The van der Waals surface area contributed by atoms with Crippen molar-refractivity contribution >= 4 is 23.6 Å². The fraction of sp³-hybridized carbons (Fsp3) is 0.875. The van der Waals surface area contributed by atoms with Gasteiger partial charge in [0.25, 0.3) is 0 Å². The summed E-state index contributed by atoms with van der Waals surface area (Å²) >= 11 is 1.88. The molecule has 0 saturated carbocycles. The second-order valence-electron chi connectivity index (χ2n) is 6.41. The number of piperazine rings is 1. The van der Waals surface area contributed by atoms with E-state index in [-0.39, 0.29) is 29.8 Å². The molecule has 0 bridgehead atoms. The van der Waals surface area contributed by atoms with E-state index >= 15 is 0 Å². The highest BCUT2D eigenvalue weighted by Crippen LogP contribution is 2.28. The Morgan fingerprint density at radius 1 is 1.29 bits per heavy atom. The van der Waals surface area contributed by atoms with Crippen LogP contribution in [0.2, 0.25) is 0 Å². The molecule has 0 aromatic heterocycles. The van der Waals surface area contributed by atoms with Gasteiger partial charge in [0.2, 0.25) is 11.8 Å². The summed E-state index contributed by atoms with van der Waals surface area (Å²) in [4.78, 5) is 27.3. The highest BCUT2D eigenvalue weighted by Gasteiger charge is 2.49. The fourth-order valence-corrected chi connectivity index (χ4v) is 3.61. The normalized spacial score (nSPS) is 28.0. The average Bonchev–Trinajstić information content (AvgIpc) is 2.42. The number of hydrogen-bond acceptors (Lipinski definition) is 3. The minimum Gasteiger partial charge on any atom is -0.340 e. The minimum atomic E-state index is -0.755. The van der Waals surface area contributed by atoms with Gasteiger partial charge in [-0.05, 0) is 44.1 Å². The molecule has 1 aliphatic heterocycles. The molecular weight excluding hydrogens is 284 g/mol. The molecular formula is C16H30N2O2S. The maximum atomic E-state index is 12.9. The lowest BCUT2D eigenvalue weighted by Crippen LogP contribution is -2.71. The first-order chi connectivity index (χ1) is 9.78. The Bertz CT molecular complexity index is 386. The molecule has 4 nitrogen and oxygen atoms in total. The highest BCUT2D eigenvalue weighted by molar-refractivity contribution is 7.99. The smallest absolute Gasteiger partial charge is 0.248 e. The van der Waals surface area contributed by atoms with Crippen molar-refractivity contribution < 1.29 is 9.59 Å². The monoisotopic (exact) mass is 314 g/mol. The number of carbonyl (C=O) groups excluding carboxylic acids is 2. The molecule has 1 aliphatic rings. The summed E-state index contributed by atoms with van der Waals surface area (Å²) in [7, 11) is 0. The zero-order valence-corrected chi connectivity index (χ0v) is 15.0. The van der Waals surface area contributed by atoms with Crippen LogP contribution >= 0.6 is 11.8 Å². The van der Waals surface area contributed by atoms with Gasteiger partial charge in [0.15, 0.2) is 0 Å². The summed E-state index contributed by atoms with van der Waals surface area (Å²) < 4.78 is 0. The summed E-state index contributed by atoms with van der Waals surface area (Å²) in [6, 6.07) is -0.250. The van der Waals surface area contributed by atoms with Crippen molar-refractivity contribution in [2.45, 2.75) is 72.0 Å². The van der Waals surface area contributed by atoms with Gasteiger partial charge in [-0.15, -0.1) is 0 Å². The van der Waals surface area contributed by atoms with Crippen LogP contribution in [0.4, 0.5) is 0 Å². The first kappa shape index (κ1) is 18.3. The SMILES string of the molecule is CCSCCC(C)N1C(=O)C(C)(CC)NC(=O)C1C(C)C. The van der Waals surface area contributed by atoms with Crippen LogP contribution in [0, 0.1) is 5.92 Å². The second kappa shape index (κ2) is 7.52. The third-order valence-electron chi connectivity index (χ3n) is 4.37. The van der Waals surface area contributed by atoms with E-state index in [0.29, 0.717) is 6.42 Å². The van der Waals surface area contributed by atoms with Gasteiger partial charge in [0, 0.05) is 6.04 Å². The fourth-order valence-electron chi connectivity index (χ4n) is 2.81. The summed E-state index contributed by atoms with van der Waals surface area (Å²) in [5.74, 6) is 2.29. The lowest BCUT2D eigenvalue weighted by atomic mass is 9.87. The molecule has 3 unspecified atom stereocenters. The zero-order valence-electron chi connectivity index (χ0n) is 14.2. The van der Waals surface area contributed by atoms with Crippen molar-refractivity contribution in [1.29, 1.82) is 0 Å². The van der Waals surface area contributed by atoms with Gasteiger partial charge < -0.3 is 10.2 Å². The quantitative estimate of drug-likeness (QED) is 0.735. The maximum Gasteiger partial charge on any atom is 0.248 e. The standard InChI is InChI=1S/C16H30N2O2S/c1-7-16(6)15(20)18(12(5)9-10-21-8-2)13(11(3)4)14(19)17-16/h11-13H,7-10H2,1-6H3,(H,17,19). The second-order valence-corrected chi connectivity index (χ2v) is 7.80. The molecule has 122 valence electrons. The van der Waals surface area contributed by atoms with Crippen LogP contribution < -0.4 is 5.32 Å². The predicted octanol–water partition coefficient (Wildman–Crippen LogP) is 2.67. The van der Waals surface area contributed by atoms with Crippen LogP contribution in [-0.4, -0.2) is 45.8 Å². The number of carbonyl (C=O) groups is 2. The lowest BCUT2D eigenvalue weighted by molar-refractivity contribution is -0.159. The van der Waals surface area contributed by atoms with E-state index in [2.05, 4.69) is 19.2 Å². The Balaban J connectivity index is 3.00. The topological polar surface area (TPSA) is 49.4 Å². The molecule has 0 aromatic carbocycles. The van der Waals surface area contributed by atoms with Crippen molar-refractivity contribution in [3.63, 3.8) is 0 Å². The Kier molecular flexibility index (Phi) is 6.57. The molecule has 0 aromatic rings. The molecule has 1 rings (SSSR count). The number of hydrogen-bond donors (Lipinski definition) is 1. The van der Waals surface area contributed by atoms with Gasteiger partial charge in [0.1, 0.15) is 11.6 Å². The molecule has 21 heavy (non-hydrogen) atoms. The number of thioether (sulfide) groups is 1. The van der Waals surface area contributed by atoms with Crippen LogP contribution in [0.3, 0.4) is 0 Å². The molecule has 0 spiro atoms. The van der Waals surface area contributed by atoms with Crippen molar-refractivity contribution in [2.75, 3.05) is 11.5 Å². The minimum absolute atomic E-state index is 0.0102. The molecule has 0 radical (unpaired) electrons. The van der Waals surface area contributed by atoms with Crippen LogP contribution in [-0.2, 0) is 9.59 Å². The molecule has 1 fully saturated rings. The maximum absolute atomic E-state index is 12.9. The lowest BCUT2D eigenvalue weighted by Gasteiger charge is -2.48. The van der Waals surface area contributed by atoms with E-state index in [0.717, 1.165) is 17.9 Å². The third-order valence-corrected chi connectivity index (χ3v) is 5.30. The van der Waals surface area contributed by atoms with Crippen LogP contribution in [0.1, 0.15) is 54.4 Å². The molecule has 2 amide bonds. The molecule has 1 heterocycles. The number of nitrogens with zero attached hydrogens (tertiary/aromatic N) is 1. The summed E-state index contributed by atoms with van der Waals surface area (Å²) in [6.07, 6.45) is 1.55. The van der Waals surface area contributed by atoms with E-state index in [9.17, 15) is 9.59 Å². The van der Waals surface area contributed by atoms with Gasteiger partial charge in [-0.3, -0.25) is 9.59 Å². The van der Waals surface area contributed by atoms with E-state index in [4.69, 9.17) is 0 Å². The van der Waals surface area contributed by atoms with E-state index in [1.54, 1.807) is 0 Å². The summed E-state index contributed by atoms with van der Waals surface area (Å²) in [5.41, 5.74) is -0.755. The predicted molar refractivity (Wildman–Crippen MR) is 89.4 cm³/mol. The largest absolute Gasteiger partial charge is 0.340 e. The van der Waals surface area contributed by atoms with Crippen molar-refractivity contribution in [3.8, 4) is 0 Å².